The van der Waals surface area contributed by atoms with Crippen LogP contribution in [0.2, 0.25) is 0 Å². The van der Waals surface area contributed by atoms with Crippen LogP contribution in [-0.2, 0) is 6.54 Å². The van der Waals surface area contributed by atoms with Crippen LogP contribution in [-0.4, -0.2) is 14.8 Å². The molecule has 0 aliphatic rings. The summed E-state index contributed by atoms with van der Waals surface area (Å²) in [4.78, 5) is 4.06. The van der Waals surface area contributed by atoms with E-state index in [0.29, 0.717) is 0 Å². The zero-order valence-corrected chi connectivity index (χ0v) is 11.2. The van der Waals surface area contributed by atoms with Gasteiger partial charge in [-0.15, -0.1) is 0 Å². The molecule has 3 nitrogen and oxygen atoms in total. The molecule has 1 aromatic carbocycles. The molecule has 4 heteroatoms. The number of benzene rings is 1. The lowest BCUT2D eigenvalue weighted by atomic mass is 10.00. The number of hydrogen-bond acceptors (Lipinski definition) is 2. The van der Waals surface area contributed by atoms with Crippen LogP contribution in [0.15, 0.2) is 23.2 Å². The van der Waals surface area contributed by atoms with E-state index >= 15 is 0 Å². The van der Waals surface area contributed by atoms with Crippen molar-refractivity contribution in [1.82, 2.24) is 14.8 Å². The zero-order chi connectivity index (χ0) is 11.7. The van der Waals surface area contributed by atoms with Crippen molar-refractivity contribution in [1.29, 1.82) is 0 Å². The summed E-state index contributed by atoms with van der Waals surface area (Å²) in [6.45, 7) is 7.16. The molecule has 0 saturated carbocycles. The van der Waals surface area contributed by atoms with Gasteiger partial charge < -0.3 is 0 Å². The maximum Gasteiger partial charge on any atom is 0.195 e. The standard InChI is InChI=1S/C12H14BrN3/c1-8-4-9(2)11(10(3)5-8)6-16-12(13)14-7-15-16/h4-5,7H,6H2,1-3H3. The molecular formula is C12H14BrN3. The molecule has 1 heterocycles. The number of halogens is 1. The number of rotatable bonds is 2. The minimum atomic E-state index is 0.762. The van der Waals surface area contributed by atoms with Crippen LogP contribution in [0.5, 0.6) is 0 Å². The SMILES string of the molecule is Cc1cc(C)c(Cn2ncnc2Br)c(C)c1. The Morgan fingerprint density at radius 3 is 2.31 bits per heavy atom. The Morgan fingerprint density at radius 2 is 1.81 bits per heavy atom. The van der Waals surface area contributed by atoms with E-state index in [0.717, 1.165) is 11.3 Å². The minimum Gasteiger partial charge on any atom is -0.236 e. The van der Waals surface area contributed by atoms with Gasteiger partial charge >= 0.3 is 0 Å². The van der Waals surface area contributed by atoms with Gasteiger partial charge in [0.05, 0.1) is 6.54 Å². The van der Waals surface area contributed by atoms with E-state index in [-0.39, 0.29) is 0 Å². The van der Waals surface area contributed by atoms with Gasteiger partial charge in [0, 0.05) is 0 Å². The largest absolute Gasteiger partial charge is 0.236 e. The smallest absolute Gasteiger partial charge is 0.195 e. The molecule has 84 valence electrons. The van der Waals surface area contributed by atoms with Gasteiger partial charge in [0.2, 0.25) is 0 Å². The second-order valence-electron chi connectivity index (χ2n) is 4.06. The summed E-state index contributed by atoms with van der Waals surface area (Å²) >= 11 is 3.38. The average molecular weight is 280 g/mol. The summed E-state index contributed by atoms with van der Waals surface area (Å²) in [6, 6.07) is 4.40. The van der Waals surface area contributed by atoms with Gasteiger partial charge in [0.25, 0.3) is 0 Å². The van der Waals surface area contributed by atoms with Crippen LogP contribution in [0.3, 0.4) is 0 Å². The van der Waals surface area contributed by atoms with E-state index in [4.69, 9.17) is 0 Å². The quantitative estimate of drug-likeness (QED) is 0.846. The highest BCUT2D eigenvalue weighted by Gasteiger charge is 2.07. The molecule has 0 amide bonds. The van der Waals surface area contributed by atoms with Crippen molar-refractivity contribution in [2.45, 2.75) is 27.3 Å². The lowest BCUT2D eigenvalue weighted by Gasteiger charge is -2.11. The molecule has 0 radical (unpaired) electrons. The monoisotopic (exact) mass is 279 g/mol. The zero-order valence-electron chi connectivity index (χ0n) is 9.66. The minimum absolute atomic E-state index is 0.762. The summed E-state index contributed by atoms with van der Waals surface area (Å²) in [6.07, 6.45) is 1.56. The first-order valence-electron chi connectivity index (χ1n) is 5.18. The van der Waals surface area contributed by atoms with Crippen molar-refractivity contribution in [3.8, 4) is 0 Å². The predicted octanol–water partition coefficient (Wildman–Crippen LogP) is 3.01. The van der Waals surface area contributed by atoms with Gasteiger partial charge in [0.15, 0.2) is 4.73 Å². The molecule has 0 unspecified atom stereocenters. The maximum atomic E-state index is 4.17. The topological polar surface area (TPSA) is 30.7 Å². The fourth-order valence-electron chi connectivity index (χ4n) is 1.97. The second kappa shape index (κ2) is 4.37. The molecule has 2 aromatic rings. The van der Waals surface area contributed by atoms with Crippen LogP contribution in [0.4, 0.5) is 0 Å². The average Bonchev–Trinajstić information content (AvgIpc) is 2.57. The van der Waals surface area contributed by atoms with Crippen LogP contribution in [0, 0.1) is 20.8 Å². The van der Waals surface area contributed by atoms with Gasteiger partial charge in [-0.05, 0) is 53.4 Å². The number of hydrogen-bond donors (Lipinski definition) is 0. The normalized spacial score (nSPS) is 10.8. The first kappa shape index (κ1) is 11.3. The molecule has 0 saturated heterocycles. The molecule has 0 aliphatic carbocycles. The Hall–Kier alpha value is -1.16. The Morgan fingerprint density at radius 1 is 1.19 bits per heavy atom. The second-order valence-corrected chi connectivity index (χ2v) is 4.77. The summed E-state index contributed by atoms with van der Waals surface area (Å²) in [7, 11) is 0. The third-order valence-corrected chi connectivity index (χ3v) is 3.33. The van der Waals surface area contributed by atoms with Gasteiger partial charge in [-0.1, -0.05) is 17.7 Å². The molecule has 0 N–H and O–H groups in total. The van der Waals surface area contributed by atoms with Crippen molar-refractivity contribution < 1.29 is 0 Å². The molecule has 0 bridgehead atoms. The van der Waals surface area contributed by atoms with Crippen molar-refractivity contribution in [3.05, 3.63) is 45.4 Å². The summed E-state index contributed by atoms with van der Waals surface area (Å²) in [5, 5.41) is 4.17. The third-order valence-electron chi connectivity index (χ3n) is 2.72. The third kappa shape index (κ3) is 2.16. The Balaban J connectivity index is 2.39. The molecule has 2 rings (SSSR count). The Kier molecular flexibility index (Phi) is 3.10. The molecule has 16 heavy (non-hydrogen) atoms. The summed E-state index contributed by atoms with van der Waals surface area (Å²) in [5.74, 6) is 0. The first-order valence-corrected chi connectivity index (χ1v) is 5.97. The highest BCUT2D eigenvalue weighted by atomic mass is 79.9. The van der Waals surface area contributed by atoms with Crippen LogP contribution in [0.25, 0.3) is 0 Å². The van der Waals surface area contributed by atoms with Crippen LogP contribution < -0.4 is 0 Å². The van der Waals surface area contributed by atoms with E-state index < -0.39 is 0 Å². The molecule has 0 fully saturated rings. The highest BCUT2D eigenvalue weighted by molar-refractivity contribution is 9.10. The first-order chi connectivity index (χ1) is 7.58. The van der Waals surface area contributed by atoms with Gasteiger partial charge in [-0.3, -0.25) is 0 Å². The van der Waals surface area contributed by atoms with E-state index in [1.807, 2.05) is 4.68 Å². The number of aromatic nitrogens is 3. The van der Waals surface area contributed by atoms with Crippen molar-refractivity contribution >= 4 is 15.9 Å². The van der Waals surface area contributed by atoms with E-state index in [2.05, 4.69) is 58.9 Å². The van der Waals surface area contributed by atoms with Gasteiger partial charge in [0.1, 0.15) is 6.33 Å². The molecular weight excluding hydrogens is 266 g/mol. The number of aryl methyl sites for hydroxylation is 3. The van der Waals surface area contributed by atoms with Crippen molar-refractivity contribution in [2.24, 2.45) is 0 Å². The summed E-state index contributed by atoms with van der Waals surface area (Å²) < 4.78 is 2.62. The highest BCUT2D eigenvalue weighted by Crippen LogP contribution is 2.18. The van der Waals surface area contributed by atoms with E-state index in [1.54, 1.807) is 6.33 Å². The van der Waals surface area contributed by atoms with E-state index in [9.17, 15) is 0 Å². The summed E-state index contributed by atoms with van der Waals surface area (Å²) in [5.41, 5.74) is 5.23. The van der Waals surface area contributed by atoms with Crippen molar-refractivity contribution in [3.63, 3.8) is 0 Å². The van der Waals surface area contributed by atoms with Gasteiger partial charge in [-0.2, -0.15) is 5.10 Å². The lowest BCUT2D eigenvalue weighted by Crippen LogP contribution is -2.06. The molecule has 0 atom stereocenters. The predicted molar refractivity (Wildman–Crippen MR) is 67.5 cm³/mol. The van der Waals surface area contributed by atoms with Crippen molar-refractivity contribution in [2.75, 3.05) is 0 Å². The van der Waals surface area contributed by atoms with Gasteiger partial charge in [-0.25, -0.2) is 9.67 Å². The van der Waals surface area contributed by atoms with E-state index in [1.165, 1.54) is 22.3 Å². The fourth-order valence-corrected chi connectivity index (χ4v) is 2.27. The van der Waals surface area contributed by atoms with Crippen LogP contribution >= 0.6 is 15.9 Å². The molecule has 1 aromatic heterocycles. The Bertz CT molecular complexity index is 494. The molecule has 0 aliphatic heterocycles. The Labute approximate surface area is 104 Å². The fraction of sp³-hybridized carbons (Fsp3) is 0.333. The number of nitrogens with zero attached hydrogens (tertiary/aromatic N) is 3. The molecule has 0 spiro atoms. The lowest BCUT2D eigenvalue weighted by molar-refractivity contribution is 0.662. The van der Waals surface area contributed by atoms with Crippen LogP contribution in [0.1, 0.15) is 22.3 Å². The maximum absolute atomic E-state index is 4.17.